The van der Waals surface area contributed by atoms with Crippen LogP contribution in [0.1, 0.15) is 25.5 Å². The lowest BCUT2D eigenvalue weighted by atomic mass is 9.81. The summed E-state index contributed by atoms with van der Waals surface area (Å²) >= 11 is 0. The van der Waals surface area contributed by atoms with E-state index < -0.39 is 23.4 Å². The number of rotatable bonds is 3. The summed E-state index contributed by atoms with van der Waals surface area (Å²) < 4.78 is 18.0. The maximum Gasteiger partial charge on any atom is 0.313 e. The molecule has 0 saturated carbocycles. The number of methoxy groups -OCH3 is 1. The Morgan fingerprint density at radius 2 is 2.18 bits per heavy atom. The zero-order chi connectivity index (χ0) is 12.3. The fraction of sp³-hybridized carbons (Fsp3) is 0.455. The molecule has 0 radical (unpaired) electrons. The van der Waals surface area contributed by atoms with Gasteiger partial charge in [-0.2, -0.15) is 4.39 Å². The van der Waals surface area contributed by atoms with Crippen LogP contribution in [0.4, 0.5) is 4.39 Å². The van der Waals surface area contributed by atoms with Gasteiger partial charge in [0.05, 0.1) is 12.5 Å². The van der Waals surface area contributed by atoms with Crippen molar-refractivity contribution < 1.29 is 13.9 Å². The number of nitrogens with two attached hydrogens (primary N) is 1. The number of carbonyl (C=O) groups excluding carboxylic acids is 1. The largest absolute Gasteiger partial charge is 0.469 e. The lowest BCUT2D eigenvalue weighted by Gasteiger charge is -2.28. The minimum atomic E-state index is -1.00. The SMILES string of the molecule is COC(=O)C(C)(C)[C@@H](N)c1cccnc1F.Cl. The van der Waals surface area contributed by atoms with Gasteiger partial charge in [-0.25, -0.2) is 4.98 Å². The average molecular weight is 263 g/mol. The molecule has 1 rings (SSSR count). The highest BCUT2D eigenvalue weighted by molar-refractivity contribution is 5.85. The summed E-state index contributed by atoms with van der Waals surface area (Å²) in [6.07, 6.45) is 1.33. The van der Waals surface area contributed by atoms with Gasteiger partial charge in [0.25, 0.3) is 0 Å². The van der Waals surface area contributed by atoms with E-state index in [-0.39, 0.29) is 18.0 Å². The first kappa shape index (κ1) is 15.8. The number of halogens is 2. The first-order chi connectivity index (χ1) is 7.41. The Bertz CT molecular complexity index is 399. The monoisotopic (exact) mass is 262 g/mol. The van der Waals surface area contributed by atoms with Crippen LogP contribution >= 0.6 is 12.4 Å². The Morgan fingerprint density at radius 3 is 2.65 bits per heavy atom. The van der Waals surface area contributed by atoms with Crippen LogP contribution in [-0.4, -0.2) is 18.1 Å². The molecule has 2 N–H and O–H groups in total. The molecule has 0 bridgehead atoms. The van der Waals surface area contributed by atoms with E-state index in [1.54, 1.807) is 19.9 Å². The number of pyridine rings is 1. The van der Waals surface area contributed by atoms with E-state index in [0.29, 0.717) is 0 Å². The predicted octanol–water partition coefficient (Wildman–Crippen LogP) is 1.84. The van der Waals surface area contributed by atoms with Crippen molar-refractivity contribution in [1.29, 1.82) is 0 Å². The van der Waals surface area contributed by atoms with Crippen LogP contribution in [0, 0.1) is 11.4 Å². The van der Waals surface area contributed by atoms with Crippen molar-refractivity contribution in [2.75, 3.05) is 7.11 Å². The quantitative estimate of drug-likeness (QED) is 0.667. The van der Waals surface area contributed by atoms with Gasteiger partial charge in [-0.1, -0.05) is 6.07 Å². The third-order valence-electron chi connectivity index (χ3n) is 2.61. The zero-order valence-electron chi connectivity index (χ0n) is 9.94. The van der Waals surface area contributed by atoms with Crippen molar-refractivity contribution in [3.05, 3.63) is 29.8 Å². The summed E-state index contributed by atoms with van der Waals surface area (Å²) in [5.41, 5.74) is 5.07. The van der Waals surface area contributed by atoms with E-state index >= 15 is 0 Å². The maximum atomic E-state index is 13.4. The molecule has 0 amide bonds. The Balaban J connectivity index is 0.00000256. The molecule has 1 aromatic rings. The normalized spacial score (nSPS) is 12.5. The van der Waals surface area contributed by atoms with Gasteiger partial charge in [-0.05, 0) is 19.9 Å². The third kappa shape index (κ3) is 3.14. The molecule has 1 atom stereocenters. The van der Waals surface area contributed by atoms with Gasteiger partial charge < -0.3 is 10.5 Å². The molecular weight excluding hydrogens is 247 g/mol. The minimum Gasteiger partial charge on any atom is -0.469 e. The van der Waals surface area contributed by atoms with Crippen LogP contribution < -0.4 is 5.73 Å². The molecule has 0 fully saturated rings. The van der Waals surface area contributed by atoms with E-state index in [0.717, 1.165) is 0 Å². The second-order valence-corrected chi connectivity index (χ2v) is 4.07. The van der Waals surface area contributed by atoms with E-state index in [9.17, 15) is 9.18 Å². The van der Waals surface area contributed by atoms with Gasteiger partial charge in [0.1, 0.15) is 0 Å². The number of aromatic nitrogens is 1. The van der Waals surface area contributed by atoms with Crippen LogP contribution in [0.5, 0.6) is 0 Å². The van der Waals surface area contributed by atoms with E-state index in [2.05, 4.69) is 9.72 Å². The van der Waals surface area contributed by atoms with Gasteiger partial charge in [0.15, 0.2) is 0 Å². The Morgan fingerprint density at radius 1 is 1.59 bits per heavy atom. The summed E-state index contributed by atoms with van der Waals surface area (Å²) in [7, 11) is 1.27. The smallest absolute Gasteiger partial charge is 0.313 e. The summed E-state index contributed by atoms with van der Waals surface area (Å²) in [5.74, 6) is -1.14. The van der Waals surface area contributed by atoms with E-state index in [1.807, 2.05) is 0 Å². The topological polar surface area (TPSA) is 65.2 Å². The Labute approximate surface area is 106 Å². The van der Waals surface area contributed by atoms with Crippen LogP contribution in [0.2, 0.25) is 0 Å². The summed E-state index contributed by atoms with van der Waals surface area (Å²) in [5, 5.41) is 0. The Kier molecular flexibility index (Phi) is 5.51. The zero-order valence-corrected chi connectivity index (χ0v) is 10.8. The summed E-state index contributed by atoms with van der Waals surface area (Å²) in [4.78, 5) is 15.0. The highest BCUT2D eigenvalue weighted by Gasteiger charge is 2.37. The lowest BCUT2D eigenvalue weighted by molar-refractivity contribution is -0.152. The van der Waals surface area contributed by atoms with Gasteiger partial charge in [-0.15, -0.1) is 12.4 Å². The summed E-state index contributed by atoms with van der Waals surface area (Å²) in [6, 6.07) is 2.29. The van der Waals surface area contributed by atoms with E-state index in [4.69, 9.17) is 5.73 Å². The number of esters is 1. The van der Waals surface area contributed by atoms with Crippen molar-refractivity contribution in [1.82, 2.24) is 4.98 Å². The molecule has 0 aliphatic rings. The highest BCUT2D eigenvalue weighted by Crippen LogP contribution is 2.32. The molecule has 0 unspecified atom stereocenters. The van der Waals surface area contributed by atoms with Crippen LogP contribution in [0.25, 0.3) is 0 Å². The molecule has 17 heavy (non-hydrogen) atoms. The number of hydrogen-bond donors (Lipinski definition) is 1. The Hall–Kier alpha value is -1.20. The van der Waals surface area contributed by atoms with Gasteiger partial charge in [-0.3, -0.25) is 4.79 Å². The van der Waals surface area contributed by atoms with Crippen molar-refractivity contribution in [2.24, 2.45) is 11.1 Å². The van der Waals surface area contributed by atoms with E-state index in [1.165, 1.54) is 19.4 Å². The minimum absolute atomic E-state index is 0. The summed E-state index contributed by atoms with van der Waals surface area (Å²) in [6.45, 7) is 3.21. The van der Waals surface area contributed by atoms with Crippen LogP contribution in [-0.2, 0) is 9.53 Å². The second-order valence-electron chi connectivity index (χ2n) is 4.07. The van der Waals surface area contributed by atoms with Crippen molar-refractivity contribution in [2.45, 2.75) is 19.9 Å². The van der Waals surface area contributed by atoms with Gasteiger partial charge in [0.2, 0.25) is 5.95 Å². The molecule has 0 saturated heterocycles. The standard InChI is InChI=1S/C11H15FN2O2.ClH/c1-11(2,10(15)16-3)8(13)7-5-4-6-14-9(7)12;/h4-6,8H,13H2,1-3H3;1H/t8-;/m0./s1. The van der Waals surface area contributed by atoms with Crippen molar-refractivity contribution in [3.8, 4) is 0 Å². The first-order valence-electron chi connectivity index (χ1n) is 4.85. The molecule has 4 nitrogen and oxygen atoms in total. The van der Waals surface area contributed by atoms with Gasteiger partial charge in [0, 0.05) is 17.8 Å². The van der Waals surface area contributed by atoms with Crippen molar-refractivity contribution in [3.63, 3.8) is 0 Å². The molecule has 0 spiro atoms. The number of carbonyl (C=O) groups is 1. The van der Waals surface area contributed by atoms with Gasteiger partial charge >= 0.3 is 5.97 Å². The molecule has 1 heterocycles. The fourth-order valence-corrected chi connectivity index (χ4v) is 1.41. The molecule has 96 valence electrons. The molecular formula is C11H16ClFN2O2. The maximum absolute atomic E-state index is 13.4. The highest BCUT2D eigenvalue weighted by atomic mass is 35.5. The predicted molar refractivity (Wildman–Crippen MR) is 64.2 cm³/mol. The first-order valence-corrected chi connectivity index (χ1v) is 4.85. The molecule has 0 aliphatic heterocycles. The third-order valence-corrected chi connectivity index (χ3v) is 2.61. The molecule has 1 aromatic heterocycles. The molecule has 0 aromatic carbocycles. The van der Waals surface area contributed by atoms with Crippen LogP contribution in [0.3, 0.4) is 0 Å². The molecule has 0 aliphatic carbocycles. The average Bonchev–Trinajstić information content (AvgIpc) is 2.27. The number of hydrogen-bond acceptors (Lipinski definition) is 4. The number of nitrogens with zero attached hydrogens (tertiary/aromatic N) is 1. The van der Waals surface area contributed by atoms with Crippen molar-refractivity contribution >= 4 is 18.4 Å². The second kappa shape index (κ2) is 5.93. The van der Waals surface area contributed by atoms with Crippen LogP contribution in [0.15, 0.2) is 18.3 Å². The number of ether oxygens (including phenoxy) is 1. The fourth-order valence-electron chi connectivity index (χ4n) is 1.41. The molecule has 6 heteroatoms. The lowest BCUT2D eigenvalue weighted by Crippen LogP contribution is -2.38.